The van der Waals surface area contributed by atoms with E-state index in [1.54, 1.807) is 30.2 Å². The molecule has 134 valence electrons. The monoisotopic (exact) mass is 380 g/mol. The van der Waals surface area contributed by atoms with Crippen LogP contribution in [0.5, 0.6) is 0 Å². The van der Waals surface area contributed by atoms with Crippen molar-refractivity contribution >= 4 is 33.4 Å². The molecule has 3 rings (SSSR count). The number of carbonyl (C=O) groups is 1. The molecule has 1 amide bonds. The van der Waals surface area contributed by atoms with E-state index in [2.05, 4.69) is 10.0 Å². The van der Waals surface area contributed by atoms with Crippen molar-refractivity contribution in [2.24, 2.45) is 0 Å². The van der Waals surface area contributed by atoms with Crippen LogP contribution in [0.3, 0.4) is 0 Å². The molecule has 2 aromatic rings. The zero-order valence-corrected chi connectivity index (χ0v) is 15.3. The van der Waals surface area contributed by atoms with Crippen LogP contribution < -0.4 is 10.0 Å². The Morgan fingerprint density at radius 1 is 1.24 bits per heavy atom. The molecular weight excluding hydrogens is 360 g/mol. The summed E-state index contributed by atoms with van der Waals surface area (Å²) in [5.41, 5.74) is 1.57. The highest BCUT2D eigenvalue weighted by Gasteiger charge is 2.18. The number of benzene rings is 1. The fourth-order valence-electron chi connectivity index (χ4n) is 2.62. The second-order valence-corrected chi connectivity index (χ2v) is 8.62. The molecule has 0 unspecified atom stereocenters. The van der Waals surface area contributed by atoms with Crippen molar-refractivity contribution in [1.29, 1.82) is 0 Å². The van der Waals surface area contributed by atoms with E-state index in [4.69, 9.17) is 4.42 Å². The molecule has 0 fully saturated rings. The summed E-state index contributed by atoms with van der Waals surface area (Å²) in [5, 5.41) is 2.81. The lowest BCUT2D eigenvalue weighted by atomic mass is 10.1. The van der Waals surface area contributed by atoms with E-state index in [0.717, 1.165) is 17.7 Å². The van der Waals surface area contributed by atoms with Crippen LogP contribution in [0.15, 0.2) is 45.9 Å². The Morgan fingerprint density at radius 3 is 2.92 bits per heavy atom. The highest BCUT2D eigenvalue weighted by Crippen LogP contribution is 2.25. The lowest BCUT2D eigenvalue weighted by molar-refractivity contribution is -0.116. The largest absolute Gasteiger partial charge is 0.468 e. The number of hydrogen-bond donors (Lipinski definition) is 2. The van der Waals surface area contributed by atoms with Crippen molar-refractivity contribution in [2.45, 2.75) is 29.9 Å². The molecule has 1 aliphatic heterocycles. The van der Waals surface area contributed by atoms with Crippen molar-refractivity contribution in [3.8, 4) is 0 Å². The maximum absolute atomic E-state index is 12.4. The van der Waals surface area contributed by atoms with Crippen molar-refractivity contribution < 1.29 is 17.6 Å². The van der Waals surface area contributed by atoms with E-state index in [0.29, 0.717) is 36.6 Å². The van der Waals surface area contributed by atoms with Gasteiger partial charge in [0.2, 0.25) is 15.9 Å². The number of amides is 1. The first-order valence-electron chi connectivity index (χ1n) is 8.07. The van der Waals surface area contributed by atoms with Crippen molar-refractivity contribution in [3.05, 3.63) is 47.9 Å². The molecule has 2 N–H and O–H groups in total. The van der Waals surface area contributed by atoms with Gasteiger partial charge in [0.25, 0.3) is 0 Å². The van der Waals surface area contributed by atoms with Gasteiger partial charge in [-0.05, 0) is 48.7 Å². The van der Waals surface area contributed by atoms with Gasteiger partial charge in [-0.1, -0.05) is 0 Å². The minimum atomic E-state index is -3.55. The molecule has 0 aliphatic carbocycles. The van der Waals surface area contributed by atoms with Gasteiger partial charge in [0.15, 0.2) is 0 Å². The van der Waals surface area contributed by atoms with Gasteiger partial charge in [-0.3, -0.25) is 4.79 Å². The van der Waals surface area contributed by atoms with Crippen LogP contribution >= 0.6 is 11.8 Å². The second kappa shape index (κ2) is 8.07. The van der Waals surface area contributed by atoms with E-state index in [-0.39, 0.29) is 10.8 Å². The van der Waals surface area contributed by atoms with Gasteiger partial charge in [0.05, 0.1) is 16.9 Å². The summed E-state index contributed by atoms with van der Waals surface area (Å²) in [4.78, 5) is 11.8. The van der Waals surface area contributed by atoms with Crippen LogP contribution in [0.4, 0.5) is 5.69 Å². The summed E-state index contributed by atoms with van der Waals surface area (Å²) < 4.78 is 32.7. The normalized spacial score (nSPS) is 14.6. The average molecular weight is 380 g/mol. The molecule has 2 heterocycles. The standard InChI is InChI=1S/C17H20N2O4S2/c20-17-5-1-3-13-11-15(6-7-16(13)19-17)25(21,22)18-8-10-24-12-14-4-2-9-23-14/h2,4,6-7,9,11,18H,1,3,5,8,10,12H2,(H,19,20). The summed E-state index contributed by atoms with van der Waals surface area (Å²) in [7, 11) is -3.55. The summed E-state index contributed by atoms with van der Waals surface area (Å²) in [5.74, 6) is 2.22. The Balaban J connectivity index is 1.56. The number of nitrogens with one attached hydrogen (secondary N) is 2. The Hall–Kier alpha value is -1.77. The van der Waals surface area contributed by atoms with Crippen LogP contribution in [-0.4, -0.2) is 26.6 Å². The van der Waals surface area contributed by atoms with E-state index in [1.165, 1.54) is 6.07 Å². The minimum absolute atomic E-state index is 0.0268. The second-order valence-electron chi connectivity index (χ2n) is 5.75. The SMILES string of the molecule is O=C1CCCc2cc(S(=O)(=O)NCCSCc3ccco3)ccc2N1. The molecular formula is C17H20N2O4S2. The molecule has 0 spiro atoms. The fraction of sp³-hybridized carbons (Fsp3) is 0.353. The van der Waals surface area contributed by atoms with E-state index in [9.17, 15) is 13.2 Å². The molecule has 0 radical (unpaired) electrons. The van der Waals surface area contributed by atoms with Crippen LogP contribution in [0.1, 0.15) is 24.2 Å². The minimum Gasteiger partial charge on any atom is -0.468 e. The van der Waals surface area contributed by atoms with Gasteiger partial charge >= 0.3 is 0 Å². The molecule has 0 bridgehead atoms. The van der Waals surface area contributed by atoms with Crippen LogP contribution in [0.25, 0.3) is 0 Å². The maximum atomic E-state index is 12.4. The van der Waals surface area contributed by atoms with Gasteiger partial charge in [-0.15, -0.1) is 0 Å². The number of rotatable bonds is 7. The van der Waals surface area contributed by atoms with Crippen molar-refractivity contribution in [2.75, 3.05) is 17.6 Å². The first-order valence-corrected chi connectivity index (χ1v) is 10.7. The zero-order chi connectivity index (χ0) is 17.7. The molecule has 1 aromatic carbocycles. The zero-order valence-electron chi connectivity index (χ0n) is 13.7. The predicted molar refractivity (Wildman–Crippen MR) is 98.1 cm³/mol. The lowest BCUT2D eigenvalue weighted by Crippen LogP contribution is -2.26. The lowest BCUT2D eigenvalue weighted by Gasteiger charge is -2.11. The highest BCUT2D eigenvalue weighted by molar-refractivity contribution is 7.98. The van der Waals surface area contributed by atoms with Gasteiger partial charge < -0.3 is 9.73 Å². The summed E-state index contributed by atoms with van der Waals surface area (Å²) in [6.07, 6.45) is 3.50. The Kier molecular flexibility index (Phi) is 5.82. The van der Waals surface area contributed by atoms with Gasteiger partial charge in [0.1, 0.15) is 5.76 Å². The number of thioether (sulfide) groups is 1. The van der Waals surface area contributed by atoms with Gasteiger partial charge in [0, 0.05) is 24.4 Å². The molecule has 1 aliphatic rings. The molecule has 8 heteroatoms. The van der Waals surface area contributed by atoms with E-state index in [1.807, 2.05) is 12.1 Å². The van der Waals surface area contributed by atoms with Crippen molar-refractivity contribution in [1.82, 2.24) is 4.72 Å². The maximum Gasteiger partial charge on any atom is 0.240 e. The Morgan fingerprint density at radius 2 is 2.12 bits per heavy atom. The third-order valence-electron chi connectivity index (χ3n) is 3.87. The number of anilines is 1. The molecule has 0 saturated heterocycles. The third kappa shape index (κ3) is 4.87. The molecule has 0 saturated carbocycles. The fourth-order valence-corrected chi connectivity index (χ4v) is 4.58. The third-order valence-corrected chi connectivity index (χ3v) is 6.31. The quantitative estimate of drug-likeness (QED) is 0.721. The summed E-state index contributed by atoms with van der Waals surface area (Å²) >= 11 is 1.60. The Bertz CT molecular complexity index is 832. The average Bonchev–Trinajstić information content (AvgIpc) is 3.01. The highest BCUT2D eigenvalue weighted by atomic mass is 32.2. The Labute approximate surface area is 151 Å². The van der Waals surface area contributed by atoms with Crippen LogP contribution in [0.2, 0.25) is 0 Å². The van der Waals surface area contributed by atoms with E-state index < -0.39 is 10.0 Å². The molecule has 25 heavy (non-hydrogen) atoms. The molecule has 6 nitrogen and oxygen atoms in total. The molecule has 0 atom stereocenters. The predicted octanol–water partition coefficient (Wildman–Crippen LogP) is 2.77. The smallest absolute Gasteiger partial charge is 0.240 e. The summed E-state index contributed by atoms with van der Waals surface area (Å²) in [6.45, 7) is 0.349. The number of carbonyl (C=O) groups excluding carboxylic acids is 1. The van der Waals surface area contributed by atoms with Gasteiger partial charge in [-0.2, -0.15) is 11.8 Å². The number of furan rings is 1. The van der Waals surface area contributed by atoms with Crippen LogP contribution in [0, 0.1) is 0 Å². The number of hydrogen-bond acceptors (Lipinski definition) is 5. The molecule has 1 aromatic heterocycles. The van der Waals surface area contributed by atoms with Crippen molar-refractivity contribution in [3.63, 3.8) is 0 Å². The van der Waals surface area contributed by atoms with Gasteiger partial charge in [-0.25, -0.2) is 13.1 Å². The van der Waals surface area contributed by atoms with Crippen LogP contribution in [-0.2, 0) is 27.0 Å². The van der Waals surface area contributed by atoms with E-state index >= 15 is 0 Å². The summed E-state index contributed by atoms with van der Waals surface area (Å²) in [6, 6.07) is 8.58. The number of sulfonamides is 1. The topological polar surface area (TPSA) is 88.4 Å². The first kappa shape index (κ1) is 18.0. The number of aryl methyl sites for hydroxylation is 1. The first-order chi connectivity index (χ1) is 12.0. The number of fused-ring (bicyclic) bond motifs is 1.